The van der Waals surface area contributed by atoms with Gasteiger partial charge in [-0.15, -0.1) is 0 Å². The molecule has 0 aliphatic heterocycles. The number of anilines is 2. The van der Waals surface area contributed by atoms with Gasteiger partial charge < -0.3 is 30.0 Å². The standard InChI is InChI=1S/C21H16N2O9S2.2Na/c24-19-9-15(33(27,28)29)7-11-5-13(1-3-17(11)19)22-21(26)23-14-2-4-18-12(6-14)8-16(10-20(18)25)34(30,31)32;;/h1-10,24-25H,(H2,22,23,26)(H,27,28,29)(H,30,31,32);;/q;2*+1/p-2. The topological polar surface area (TPSA) is 196 Å². The fourth-order valence-corrected chi connectivity index (χ4v) is 4.44. The quantitative estimate of drug-likeness (QED) is 0.151. The minimum atomic E-state index is -4.81. The van der Waals surface area contributed by atoms with Gasteiger partial charge in [0.25, 0.3) is 0 Å². The monoisotopic (exact) mass is 548 g/mol. The summed E-state index contributed by atoms with van der Waals surface area (Å²) < 4.78 is 67.6. The first-order valence-electron chi connectivity index (χ1n) is 9.35. The number of phenols is 2. The Hall–Kier alpha value is -1.91. The number of rotatable bonds is 4. The Morgan fingerprint density at radius 3 is 1.33 bits per heavy atom. The Morgan fingerprint density at radius 1 is 0.639 bits per heavy atom. The number of carbonyl (C=O) groups excluding carboxylic acids is 1. The summed E-state index contributed by atoms with van der Waals surface area (Å²) in [6, 6.07) is 11.5. The number of carbonyl (C=O) groups is 1. The summed E-state index contributed by atoms with van der Waals surface area (Å²) in [5.74, 6) is -0.830. The third-order valence-corrected chi connectivity index (χ3v) is 6.53. The second-order valence-corrected chi connectivity index (χ2v) is 10.0. The molecule has 176 valence electrons. The molecule has 0 aliphatic rings. The van der Waals surface area contributed by atoms with Crippen molar-refractivity contribution in [2.45, 2.75) is 9.79 Å². The van der Waals surface area contributed by atoms with E-state index < -0.39 is 47.6 Å². The van der Waals surface area contributed by atoms with E-state index in [2.05, 4.69) is 10.6 Å². The minimum Gasteiger partial charge on any atom is -0.744 e. The van der Waals surface area contributed by atoms with Gasteiger partial charge in [0.1, 0.15) is 31.7 Å². The van der Waals surface area contributed by atoms with Crippen LogP contribution in [0.4, 0.5) is 16.2 Å². The van der Waals surface area contributed by atoms with Crippen LogP contribution < -0.4 is 69.7 Å². The number of aromatic hydroxyl groups is 2. The molecule has 2 amide bonds. The summed E-state index contributed by atoms with van der Waals surface area (Å²) in [5.41, 5.74) is 0.422. The van der Waals surface area contributed by atoms with Gasteiger partial charge in [0.15, 0.2) is 0 Å². The number of benzene rings is 4. The Balaban J connectivity index is 0.00000228. The molecule has 0 heterocycles. The van der Waals surface area contributed by atoms with Crippen LogP contribution in [-0.2, 0) is 20.2 Å². The summed E-state index contributed by atoms with van der Waals surface area (Å²) in [6.07, 6.45) is 0. The van der Waals surface area contributed by atoms with Crippen LogP contribution >= 0.6 is 0 Å². The van der Waals surface area contributed by atoms with Crippen molar-refractivity contribution in [1.29, 1.82) is 0 Å². The molecule has 0 aromatic heterocycles. The number of nitrogens with one attached hydrogen (secondary N) is 2. The van der Waals surface area contributed by atoms with Crippen molar-refractivity contribution in [2.24, 2.45) is 0 Å². The van der Waals surface area contributed by atoms with Gasteiger partial charge >= 0.3 is 65.1 Å². The molecule has 0 unspecified atom stereocenters. The van der Waals surface area contributed by atoms with E-state index in [9.17, 15) is 40.9 Å². The second-order valence-electron chi connectivity index (χ2n) is 7.24. The van der Waals surface area contributed by atoms with E-state index in [1.54, 1.807) is 0 Å². The van der Waals surface area contributed by atoms with Crippen molar-refractivity contribution in [2.75, 3.05) is 10.6 Å². The summed E-state index contributed by atoms with van der Waals surface area (Å²) in [5, 5.41) is 25.9. The first-order chi connectivity index (χ1) is 15.8. The van der Waals surface area contributed by atoms with Gasteiger partial charge in [-0.1, -0.05) is 0 Å². The molecule has 4 aromatic carbocycles. The molecule has 4 rings (SSSR count). The van der Waals surface area contributed by atoms with Crippen molar-refractivity contribution in [1.82, 2.24) is 0 Å². The maximum atomic E-state index is 12.4. The van der Waals surface area contributed by atoms with E-state index >= 15 is 0 Å². The minimum absolute atomic E-state index is 0. The summed E-state index contributed by atoms with van der Waals surface area (Å²) >= 11 is 0. The fraction of sp³-hybridized carbons (Fsp3) is 0. The van der Waals surface area contributed by atoms with Crippen LogP contribution in [0.3, 0.4) is 0 Å². The average molecular weight is 548 g/mol. The molecule has 4 N–H and O–H groups in total. The van der Waals surface area contributed by atoms with Gasteiger partial charge in [-0.25, -0.2) is 21.6 Å². The maximum Gasteiger partial charge on any atom is 1.00 e. The van der Waals surface area contributed by atoms with Crippen molar-refractivity contribution in [3.63, 3.8) is 0 Å². The number of hydrogen-bond acceptors (Lipinski definition) is 9. The molecule has 4 aromatic rings. The third-order valence-electron chi connectivity index (χ3n) is 4.90. The SMILES string of the molecule is O=C(Nc1ccc2c(O)cc(S(=O)(=O)[O-])cc2c1)Nc1ccc2c(O)cc(S(=O)(=O)[O-])cc2c1.[Na+].[Na+]. The smallest absolute Gasteiger partial charge is 0.744 e. The van der Waals surface area contributed by atoms with E-state index in [1.165, 1.54) is 36.4 Å². The molecule has 0 aliphatic carbocycles. The molecular weight excluding hydrogens is 534 g/mol. The Kier molecular flexibility index (Phi) is 9.45. The van der Waals surface area contributed by atoms with Crippen LogP contribution in [0.5, 0.6) is 11.5 Å². The Morgan fingerprint density at radius 2 is 1.00 bits per heavy atom. The zero-order valence-electron chi connectivity index (χ0n) is 18.8. The van der Waals surface area contributed by atoms with Gasteiger partial charge in [-0.2, -0.15) is 0 Å². The van der Waals surface area contributed by atoms with Crippen molar-refractivity contribution in [3.8, 4) is 11.5 Å². The van der Waals surface area contributed by atoms with Gasteiger partial charge in [-0.05, 0) is 71.4 Å². The Labute approximate surface area is 249 Å². The maximum absolute atomic E-state index is 12.4. The van der Waals surface area contributed by atoms with Crippen LogP contribution in [0.15, 0.2) is 70.5 Å². The molecule has 0 saturated carbocycles. The van der Waals surface area contributed by atoms with E-state index in [1.807, 2.05) is 0 Å². The van der Waals surface area contributed by atoms with Crippen LogP contribution in [0.1, 0.15) is 0 Å². The molecule has 0 bridgehead atoms. The van der Waals surface area contributed by atoms with Crippen LogP contribution in [0.2, 0.25) is 0 Å². The zero-order chi connectivity index (χ0) is 24.8. The van der Waals surface area contributed by atoms with E-state index in [-0.39, 0.29) is 92.0 Å². The fourth-order valence-electron chi connectivity index (χ4n) is 3.38. The second kappa shape index (κ2) is 11.2. The number of phenolic OH excluding ortho intramolecular Hbond substituents is 2. The average Bonchev–Trinajstić information content (AvgIpc) is 2.71. The van der Waals surface area contributed by atoms with Gasteiger partial charge in [0, 0.05) is 22.1 Å². The first kappa shape index (κ1) is 30.3. The Bertz CT molecular complexity index is 1580. The van der Waals surface area contributed by atoms with Crippen LogP contribution in [0.25, 0.3) is 21.5 Å². The van der Waals surface area contributed by atoms with Crippen molar-refractivity contribution >= 4 is 59.2 Å². The number of fused-ring (bicyclic) bond motifs is 2. The van der Waals surface area contributed by atoms with E-state index in [0.717, 1.165) is 24.3 Å². The summed E-state index contributed by atoms with van der Waals surface area (Å²) in [6.45, 7) is 0. The first-order valence-corrected chi connectivity index (χ1v) is 12.2. The molecule has 0 atom stereocenters. The number of amides is 2. The van der Waals surface area contributed by atoms with Crippen LogP contribution in [-0.4, -0.2) is 42.2 Å². The molecule has 11 nitrogen and oxygen atoms in total. The predicted octanol–water partition coefficient (Wildman–Crippen LogP) is -3.14. The summed E-state index contributed by atoms with van der Waals surface area (Å²) in [7, 11) is -9.62. The summed E-state index contributed by atoms with van der Waals surface area (Å²) in [4.78, 5) is 11.2. The van der Waals surface area contributed by atoms with Gasteiger partial charge in [0.2, 0.25) is 0 Å². The molecule has 0 fully saturated rings. The van der Waals surface area contributed by atoms with Gasteiger partial charge in [0.05, 0.1) is 9.79 Å². The molecule has 0 spiro atoms. The number of hydrogen-bond donors (Lipinski definition) is 4. The third kappa shape index (κ3) is 6.69. The van der Waals surface area contributed by atoms with E-state index in [0.29, 0.717) is 0 Å². The largest absolute Gasteiger partial charge is 1.00 e. The molecule has 0 radical (unpaired) electrons. The predicted molar refractivity (Wildman–Crippen MR) is 120 cm³/mol. The number of urea groups is 1. The zero-order valence-corrected chi connectivity index (χ0v) is 24.5. The molecule has 0 saturated heterocycles. The molecule has 36 heavy (non-hydrogen) atoms. The van der Waals surface area contributed by atoms with E-state index in [4.69, 9.17) is 0 Å². The molecule has 15 heteroatoms. The van der Waals surface area contributed by atoms with Crippen molar-refractivity contribution < 1.29 is 100 Å². The van der Waals surface area contributed by atoms with Crippen LogP contribution in [0, 0.1) is 0 Å². The van der Waals surface area contributed by atoms with Gasteiger partial charge in [-0.3, -0.25) is 0 Å². The molecular formula is C21H14N2Na2O9S2. The van der Waals surface area contributed by atoms with Crippen molar-refractivity contribution in [3.05, 3.63) is 60.7 Å². The normalized spacial score (nSPS) is 11.4.